The number of hydrogen-bond acceptors (Lipinski definition) is 3. The number of rotatable bonds is 7. The van der Waals surface area contributed by atoms with Crippen LogP contribution >= 0.6 is 0 Å². The molecule has 0 amide bonds. The summed E-state index contributed by atoms with van der Waals surface area (Å²) in [4.78, 5) is 4.84. The highest BCUT2D eigenvalue weighted by molar-refractivity contribution is 6.13. The standard InChI is InChI=1S/C30H43N3/c1-19(2)23-12-13-25(24(16-23)26-17-27(29(7,8)9)32-18-31-26)33-22(6)28(20(3)4)21(5)30(10)14-11-15-30/h12-13,16-17,19,32-33H,3,6,11,14-15,18H2,1-2,4-5,7-10H3/b28-21+. The lowest BCUT2D eigenvalue weighted by Gasteiger charge is -2.41. The Morgan fingerprint density at radius 3 is 2.33 bits per heavy atom. The highest BCUT2D eigenvalue weighted by atomic mass is 15.0. The summed E-state index contributed by atoms with van der Waals surface area (Å²) >= 11 is 0. The fraction of sp³-hybridized carbons (Fsp3) is 0.500. The zero-order valence-electron chi connectivity index (χ0n) is 22.1. The Kier molecular flexibility index (Phi) is 7.12. The maximum Gasteiger partial charge on any atom is 0.108 e. The van der Waals surface area contributed by atoms with E-state index in [-0.39, 0.29) is 10.8 Å². The van der Waals surface area contributed by atoms with Gasteiger partial charge in [0.25, 0.3) is 0 Å². The highest BCUT2D eigenvalue weighted by Gasteiger charge is 2.35. The quantitative estimate of drug-likeness (QED) is 0.416. The summed E-state index contributed by atoms with van der Waals surface area (Å²) < 4.78 is 0. The lowest BCUT2D eigenvalue weighted by Crippen LogP contribution is -2.29. The average Bonchev–Trinajstić information content (AvgIpc) is 2.71. The van der Waals surface area contributed by atoms with E-state index in [0.29, 0.717) is 12.6 Å². The number of allylic oxidation sites excluding steroid dienone is 4. The molecule has 3 heteroatoms. The first kappa shape index (κ1) is 25.1. The van der Waals surface area contributed by atoms with Gasteiger partial charge in [0, 0.05) is 28.1 Å². The van der Waals surface area contributed by atoms with Crippen molar-refractivity contribution in [1.82, 2.24) is 5.32 Å². The molecule has 0 saturated heterocycles. The van der Waals surface area contributed by atoms with E-state index in [1.165, 1.54) is 41.7 Å². The smallest absolute Gasteiger partial charge is 0.108 e. The molecule has 178 valence electrons. The van der Waals surface area contributed by atoms with Gasteiger partial charge in [-0.1, -0.05) is 72.8 Å². The molecule has 1 aromatic rings. The number of aliphatic imine (C=N–C) groups is 1. The van der Waals surface area contributed by atoms with Gasteiger partial charge < -0.3 is 10.6 Å². The minimum Gasteiger partial charge on any atom is -0.369 e. The summed E-state index contributed by atoms with van der Waals surface area (Å²) in [6, 6.07) is 6.68. The largest absolute Gasteiger partial charge is 0.369 e. The van der Waals surface area contributed by atoms with Crippen LogP contribution in [0.15, 0.2) is 70.5 Å². The van der Waals surface area contributed by atoms with Crippen LogP contribution in [0.4, 0.5) is 5.69 Å². The maximum absolute atomic E-state index is 4.84. The van der Waals surface area contributed by atoms with Gasteiger partial charge in [0.2, 0.25) is 0 Å². The fourth-order valence-electron chi connectivity index (χ4n) is 4.74. The molecule has 0 atom stereocenters. The summed E-state index contributed by atoms with van der Waals surface area (Å²) in [5.74, 6) is 0.445. The van der Waals surface area contributed by atoms with E-state index in [4.69, 9.17) is 4.99 Å². The summed E-state index contributed by atoms with van der Waals surface area (Å²) in [5.41, 5.74) is 10.5. The van der Waals surface area contributed by atoms with E-state index in [1.54, 1.807) is 0 Å². The van der Waals surface area contributed by atoms with E-state index in [2.05, 4.69) is 103 Å². The first-order valence-corrected chi connectivity index (χ1v) is 12.3. The van der Waals surface area contributed by atoms with Crippen LogP contribution in [-0.2, 0) is 0 Å². The van der Waals surface area contributed by atoms with Gasteiger partial charge in [-0.15, -0.1) is 0 Å². The number of nitrogens with one attached hydrogen (secondary N) is 2. The van der Waals surface area contributed by atoms with Crippen molar-refractivity contribution >= 4 is 11.4 Å². The minimum atomic E-state index is 0.0409. The zero-order chi connectivity index (χ0) is 24.6. The number of nitrogens with zero attached hydrogens (tertiary/aromatic N) is 1. The molecule has 1 heterocycles. The summed E-state index contributed by atoms with van der Waals surface area (Å²) in [7, 11) is 0. The number of benzene rings is 1. The van der Waals surface area contributed by atoms with Gasteiger partial charge in [-0.05, 0) is 72.9 Å². The predicted molar refractivity (Wildman–Crippen MR) is 145 cm³/mol. The number of hydrogen-bond donors (Lipinski definition) is 2. The van der Waals surface area contributed by atoms with Gasteiger partial charge in [-0.25, -0.2) is 0 Å². The molecule has 0 aromatic heterocycles. The van der Waals surface area contributed by atoms with Gasteiger partial charge in [-0.2, -0.15) is 0 Å². The molecule has 3 rings (SSSR count). The Bertz CT molecular complexity index is 1040. The third kappa shape index (κ3) is 5.34. The molecule has 1 fully saturated rings. The maximum atomic E-state index is 4.84. The number of anilines is 1. The van der Waals surface area contributed by atoms with Gasteiger partial charge >= 0.3 is 0 Å². The van der Waals surface area contributed by atoms with Crippen molar-refractivity contribution in [3.05, 3.63) is 76.7 Å². The Morgan fingerprint density at radius 2 is 1.82 bits per heavy atom. The third-order valence-electron chi connectivity index (χ3n) is 7.35. The van der Waals surface area contributed by atoms with Crippen molar-refractivity contribution < 1.29 is 0 Å². The van der Waals surface area contributed by atoms with Crippen molar-refractivity contribution in [2.24, 2.45) is 15.8 Å². The zero-order valence-corrected chi connectivity index (χ0v) is 22.1. The summed E-state index contributed by atoms with van der Waals surface area (Å²) in [5, 5.41) is 7.12. The summed E-state index contributed by atoms with van der Waals surface area (Å²) in [6.07, 6.45) is 5.98. The van der Waals surface area contributed by atoms with Crippen LogP contribution in [0.25, 0.3) is 0 Å². The van der Waals surface area contributed by atoms with Crippen molar-refractivity contribution in [1.29, 1.82) is 0 Å². The molecular formula is C30H43N3. The molecule has 1 aliphatic heterocycles. The van der Waals surface area contributed by atoms with Gasteiger partial charge in [0.05, 0.1) is 5.71 Å². The van der Waals surface area contributed by atoms with Crippen molar-refractivity contribution in [2.45, 2.75) is 80.6 Å². The second-order valence-electron chi connectivity index (χ2n) is 11.4. The fourth-order valence-corrected chi connectivity index (χ4v) is 4.74. The van der Waals surface area contributed by atoms with Crippen molar-refractivity contribution in [3.63, 3.8) is 0 Å². The molecule has 1 aromatic carbocycles. The van der Waals surface area contributed by atoms with E-state index in [0.717, 1.165) is 28.2 Å². The lowest BCUT2D eigenvalue weighted by atomic mass is 9.64. The van der Waals surface area contributed by atoms with Crippen LogP contribution in [0.5, 0.6) is 0 Å². The molecule has 2 aliphatic rings. The van der Waals surface area contributed by atoms with Crippen LogP contribution in [-0.4, -0.2) is 12.4 Å². The van der Waals surface area contributed by atoms with Crippen LogP contribution in [0.2, 0.25) is 0 Å². The molecule has 0 spiro atoms. The molecule has 1 aliphatic carbocycles. The van der Waals surface area contributed by atoms with E-state index in [1.807, 2.05) is 0 Å². The second-order valence-corrected chi connectivity index (χ2v) is 11.4. The Morgan fingerprint density at radius 1 is 1.15 bits per heavy atom. The van der Waals surface area contributed by atoms with Gasteiger partial charge in [0.1, 0.15) is 6.67 Å². The first-order chi connectivity index (χ1) is 15.3. The highest BCUT2D eigenvalue weighted by Crippen LogP contribution is 2.49. The SMILES string of the molecule is C=C(C)/C(C(=C)Nc1ccc(C(C)C)cc1C1=NCNC(C(C)(C)C)=C1)=C(/C)C1(C)CCC1. The average molecular weight is 446 g/mol. The molecule has 0 radical (unpaired) electrons. The normalized spacial score (nSPS) is 18.5. The predicted octanol–water partition coefficient (Wildman–Crippen LogP) is 8.10. The Hall–Kier alpha value is -2.55. The van der Waals surface area contributed by atoms with Crippen LogP contribution < -0.4 is 10.6 Å². The molecule has 0 unspecified atom stereocenters. The van der Waals surface area contributed by atoms with E-state index >= 15 is 0 Å². The monoisotopic (exact) mass is 445 g/mol. The lowest BCUT2D eigenvalue weighted by molar-refractivity contribution is 0.213. The van der Waals surface area contributed by atoms with Crippen LogP contribution in [0.1, 0.15) is 91.7 Å². The van der Waals surface area contributed by atoms with E-state index < -0.39 is 0 Å². The third-order valence-corrected chi connectivity index (χ3v) is 7.35. The Balaban J connectivity index is 2.04. The van der Waals surface area contributed by atoms with Gasteiger partial charge in [-0.3, -0.25) is 4.99 Å². The molecule has 3 nitrogen and oxygen atoms in total. The Labute approximate surface area is 201 Å². The molecule has 1 saturated carbocycles. The van der Waals surface area contributed by atoms with E-state index in [9.17, 15) is 0 Å². The molecule has 2 N–H and O–H groups in total. The molecule has 0 bridgehead atoms. The van der Waals surface area contributed by atoms with Crippen molar-refractivity contribution in [3.8, 4) is 0 Å². The van der Waals surface area contributed by atoms with Crippen LogP contribution in [0, 0.1) is 10.8 Å². The molecular weight excluding hydrogens is 402 g/mol. The minimum absolute atomic E-state index is 0.0409. The first-order valence-electron chi connectivity index (χ1n) is 12.3. The second kappa shape index (κ2) is 9.37. The van der Waals surface area contributed by atoms with Gasteiger partial charge in [0.15, 0.2) is 0 Å². The topological polar surface area (TPSA) is 36.4 Å². The summed E-state index contributed by atoms with van der Waals surface area (Å²) in [6.45, 7) is 27.2. The van der Waals surface area contributed by atoms with Crippen molar-refractivity contribution in [2.75, 3.05) is 12.0 Å². The molecule has 33 heavy (non-hydrogen) atoms. The van der Waals surface area contributed by atoms with Crippen LogP contribution in [0.3, 0.4) is 0 Å².